The summed E-state index contributed by atoms with van der Waals surface area (Å²) in [6, 6.07) is 16.7. The monoisotopic (exact) mass is 280 g/mol. The third-order valence-electron chi connectivity index (χ3n) is 3.32. The van der Waals surface area contributed by atoms with Gasteiger partial charge in [-0.2, -0.15) is 0 Å². The van der Waals surface area contributed by atoms with Crippen LogP contribution in [0.2, 0.25) is 0 Å². The first kappa shape index (κ1) is 13.1. The molecule has 0 saturated heterocycles. The molecule has 0 radical (unpaired) electrons. The normalized spacial score (nSPS) is 10.5. The minimum Gasteiger partial charge on any atom is -0.397 e. The summed E-state index contributed by atoms with van der Waals surface area (Å²) in [7, 11) is 0. The summed E-state index contributed by atoms with van der Waals surface area (Å²) < 4.78 is 13.8. The van der Waals surface area contributed by atoms with Crippen LogP contribution in [0.25, 0.3) is 10.8 Å². The standard InChI is InChI=1S/C17H13FN2O/c18-14-10-9-13(11-5-1-2-6-12(11)14)17(21)20-16-8-4-3-7-15(16)19/h1-10H,19H2,(H,20,21). The van der Waals surface area contributed by atoms with E-state index in [-0.39, 0.29) is 11.7 Å². The number of benzene rings is 3. The number of fused-ring (bicyclic) bond motifs is 1. The van der Waals surface area contributed by atoms with E-state index >= 15 is 0 Å². The molecule has 0 aromatic heterocycles. The molecule has 21 heavy (non-hydrogen) atoms. The molecule has 3 rings (SSSR count). The van der Waals surface area contributed by atoms with Crippen molar-refractivity contribution in [3.8, 4) is 0 Å². The number of rotatable bonds is 2. The Morgan fingerprint density at radius 3 is 2.33 bits per heavy atom. The summed E-state index contributed by atoms with van der Waals surface area (Å²) in [5, 5.41) is 3.75. The number of halogens is 1. The quantitative estimate of drug-likeness (QED) is 0.701. The van der Waals surface area contributed by atoms with E-state index < -0.39 is 0 Å². The first-order valence-corrected chi connectivity index (χ1v) is 6.50. The summed E-state index contributed by atoms with van der Waals surface area (Å²) >= 11 is 0. The lowest BCUT2D eigenvalue weighted by Crippen LogP contribution is -2.13. The number of nitrogens with one attached hydrogen (secondary N) is 1. The van der Waals surface area contributed by atoms with Crippen molar-refractivity contribution in [3.05, 3.63) is 72.0 Å². The largest absolute Gasteiger partial charge is 0.397 e. The van der Waals surface area contributed by atoms with Crippen LogP contribution >= 0.6 is 0 Å². The molecule has 0 bridgehead atoms. The molecule has 0 spiro atoms. The zero-order valence-electron chi connectivity index (χ0n) is 11.1. The number of anilines is 2. The molecule has 4 heteroatoms. The second-order valence-corrected chi connectivity index (χ2v) is 4.68. The van der Waals surface area contributed by atoms with Crippen LogP contribution in [0, 0.1) is 5.82 Å². The maximum absolute atomic E-state index is 13.8. The summed E-state index contributed by atoms with van der Waals surface area (Å²) in [6.45, 7) is 0. The van der Waals surface area contributed by atoms with Gasteiger partial charge in [0, 0.05) is 10.9 Å². The first-order valence-electron chi connectivity index (χ1n) is 6.50. The van der Waals surface area contributed by atoms with E-state index in [2.05, 4.69) is 5.32 Å². The third kappa shape index (κ3) is 2.43. The van der Waals surface area contributed by atoms with Gasteiger partial charge in [0.2, 0.25) is 0 Å². The van der Waals surface area contributed by atoms with Crippen LogP contribution in [0.1, 0.15) is 10.4 Å². The summed E-state index contributed by atoms with van der Waals surface area (Å²) in [5.74, 6) is -0.662. The number of hydrogen-bond donors (Lipinski definition) is 2. The van der Waals surface area contributed by atoms with E-state index in [1.54, 1.807) is 48.5 Å². The number of para-hydroxylation sites is 2. The molecule has 1 amide bonds. The van der Waals surface area contributed by atoms with Crippen LogP contribution in [0.3, 0.4) is 0 Å². The molecule has 104 valence electrons. The van der Waals surface area contributed by atoms with Crippen molar-refractivity contribution in [1.82, 2.24) is 0 Å². The maximum atomic E-state index is 13.8. The Morgan fingerprint density at radius 1 is 0.905 bits per heavy atom. The van der Waals surface area contributed by atoms with Gasteiger partial charge in [-0.25, -0.2) is 4.39 Å². The highest BCUT2D eigenvalue weighted by Gasteiger charge is 2.13. The van der Waals surface area contributed by atoms with E-state index in [0.717, 1.165) is 0 Å². The van der Waals surface area contributed by atoms with Crippen LogP contribution in [-0.2, 0) is 0 Å². The molecule has 0 aliphatic carbocycles. The SMILES string of the molecule is Nc1ccccc1NC(=O)c1ccc(F)c2ccccc12. The molecular weight excluding hydrogens is 267 g/mol. The van der Waals surface area contributed by atoms with Crippen LogP contribution in [0.4, 0.5) is 15.8 Å². The van der Waals surface area contributed by atoms with Gasteiger partial charge in [0.15, 0.2) is 0 Å². The molecule has 3 N–H and O–H groups in total. The summed E-state index contributed by atoms with van der Waals surface area (Å²) in [4.78, 5) is 12.4. The number of carbonyl (C=O) groups excluding carboxylic acids is 1. The fraction of sp³-hybridized carbons (Fsp3) is 0. The fourth-order valence-electron chi connectivity index (χ4n) is 2.26. The zero-order chi connectivity index (χ0) is 14.8. The highest BCUT2D eigenvalue weighted by atomic mass is 19.1. The molecule has 3 aromatic rings. The van der Waals surface area contributed by atoms with Gasteiger partial charge in [-0.05, 0) is 29.7 Å². The van der Waals surface area contributed by atoms with Gasteiger partial charge in [0.1, 0.15) is 5.82 Å². The summed E-state index contributed by atoms with van der Waals surface area (Å²) in [6.07, 6.45) is 0. The Bertz CT molecular complexity index is 830. The molecule has 0 heterocycles. The maximum Gasteiger partial charge on any atom is 0.256 e. The van der Waals surface area contributed by atoms with E-state index in [1.807, 2.05) is 0 Å². The third-order valence-corrected chi connectivity index (χ3v) is 3.32. The number of amides is 1. The van der Waals surface area contributed by atoms with Gasteiger partial charge in [0.25, 0.3) is 5.91 Å². The van der Waals surface area contributed by atoms with Gasteiger partial charge in [0.05, 0.1) is 11.4 Å². The molecule has 0 unspecified atom stereocenters. The van der Waals surface area contributed by atoms with Crippen molar-refractivity contribution in [2.45, 2.75) is 0 Å². The van der Waals surface area contributed by atoms with Gasteiger partial charge in [-0.15, -0.1) is 0 Å². The van der Waals surface area contributed by atoms with Gasteiger partial charge < -0.3 is 11.1 Å². The molecule has 0 saturated carbocycles. The predicted octanol–water partition coefficient (Wildman–Crippen LogP) is 3.81. The number of nitrogens with two attached hydrogens (primary N) is 1. The molecule has 0 fully saturated rings. The van der Waals surface area contributed by atoms with Crippen molar-refractivity contribution in [1.29, 1.82) is 0 Å². The predicted molar refractivity (Wildman–Crippen MR) is 82.7 cm³/mol. The van der Waals surface area contributed by atoms with Gasteiger partial charge in [-0.1, -0.05) is 36.4 Å². The van der Waals surface area contributed by atoms with Crippen molar-refractivity contribution < 1.29 is 9.18 Å². The highest BCUT2D eigenvalue weighted by Crippen LogP contribution is 2.24. The second-order valence-electron chi connectivity index (χ2n) is 4.68. The second kappa shape index (κ2) is 5.25. The van der Waals surface area contributed by atoms with Crippen molar-refractivity contribution in [2.24, 2.45) is 0 Å². The van der Waals surface area contributed by atoms with Crippen LogP contribution < -0.4 is 11.1 Å². The molecule has 3 nitrogen and oxygen atoms in total. The Hall–Kier alpha value is -2.88. The highest BCUT2D eigenvalue weighted by molar-refractivity contribution is 6.13. The number of hydrogen-bond acceptors (Lipinski definition) is 2. The van der Waals surface area contributed by atoms with Gasteiger partial charge >= 0.3 is 0 Å². The van der Waals surface area contributed by atoms with Crippen LogP contribution in [-0.4, -0.2) is 5.91 Å². The first-order chi connectivity index (χ1) is 10.2. The van der Waals surface area contributed by atoms with Crippen LogP contribution in [0.5, 0.6) is 0 Å². The van der Waals surface area contributed by atoms with E-state index in [9.17, 15) is 9.18 Å². The smallest absolute Gasteiger partial charge is 0.256 e. The van der Waals surface area contributed by atoms with Crippen molar-refractivity contribution in [2.75, 3.05) is 11.1 Å². The molecular formula is C17H13FN2O. The zero-order valence-corrected chi connectivity index (χ0v) is 11.1. The van der Waals surface area contributed by atoms with Gasteiger partial charge in [-0.3, -0.25) is 4.79 Å². The average Bonchev–Trinajstić information content (AvgIpc) is 2.50. The van der Waals surface area contributed by atoms with E-state index in [1.165, 1.54) is 12.1 Å². The van der Waals surface area contributed by atoms with Crippen LogP contribution in [0.15, 0.2) is 60.7 Å². The molecule has 0 aliphatic heterocycles. The lowest BCUT2D eigenvalue weighted by atomic mass is 10.0. The Balaban J connectivity index is 2.03. The number of carbonyl (C=O) groups is 1. The molecule has 0 aliphatic rings. The minimum atomic E-state index is -0.346. The van der Waals surface area contributed by atoms with E-state index in [4.69, 9.17) is 5.73 Å². The van der Waals surface area contributed by atoms with Crippen molar-refractivity contribution in [3.63, 3.8) is 0 Å². The van der Waals surface area contributed by atoms with Crippen molar-refractivity contribution >= 4 is 28.1 Å². The van der Waals surface area contributed by atoms with E-state index in [0.29, 0.717) is 27.7 Å². The molecule has 3 aromatic carbocycles. The Kier molecular flexibility index (Phi) is 3.28. The average molecular weight is 280 g/mol. The topological polar surface area (TPSA) is 55.1 Å². The Labute approximate surface area is 121 Å². The lowest BCUT2D eigenvalue weighted by Gasteiger charge is -2.10. The lowest BCUT2D eigenvalue weighted by molar-refractivity contribution is 0.102. The minimum absolute atomic E-state index is 0.316. The molecule has 0 atom stereocenters. The Morgan fingerprint density at radius 2 is 1.57 bits per heavy atom. The number of nitrogen functional groups attached to an aromatic ring is 1. The summed E-state index contributed by atoms with van der Waals surface area (Å²) in [5.41, 5.74) is 7.24. The fourth-order valence-corrected chi connectivity index (χ4v) is 2.26.